The number of anilines is 2. The third-order valence-electron chi connectivity index (χ3n) is 6.15. The standard InChI is InChI=1S/C23H27FN6O2/c1-23(2)6-8-29(15-23)22(31)26-16-3-4-18(24)17(13-16)19-5-7-30-20(14-25-21(30)27-19)28-9-11-32-12-10-28/h3-5,7,13-14H,6,8-12,15H2,1-2H3,(H,26,31). The summed E-state index contributed by atoms with van der Waals surface area (Å²) in [6, 6.07) is 6.16. The van der Waals surface area contributed by atoms with Crippen molar-refractivity contribution in [2.24, 2.45) is 5.41 Å². The molecule has 168 valence electrons. The average molecular weight is 439 g/mol. The molecule has 3 aromatic rings. The second kappa shape index (κ2) is 8.05. The van der Waals surface area contributed by atoms with Crippen molar-refractivity contribution in [1.29, 1.82) is 0 Å². The number of urea groups is 1. The minimum atomic E-state index is -0.401. The van der Waals surface area contributed by atoms with Gasteiger partial charge in [-0.1, -0.05) is 13.8 Å². The zero-order valence-electron chi connectivity index (χ0n) is 18.3. The number of halogens is 1. The molecular weight excluding hydrogens is 411 g/mol. The monoisotopic (exact) mass is 438 g/mol. The van der Waals surface area contributed by atoms with E-state index >= 15 is 0 Å². The third-order valence-corrected chi connectivity index (χ3v) is 6.15. The van der Waals surface area contributed by atoms with Crippen LogP contribution in [0.3, 0.4) is 0 Å². The predicted octanol–water partition coefficient (Wildman–Crippen LogP) is 3.64. The molecule has 32 heavy (non-hydrogen) atoms. The highest BCUT2D eigenvalue weighted by Crippen LogP contribution is 2.30. The molecule has 9 heteroatoms. The number of morpholine rings is 1. The van der Waals surface area contributed by atoms with Crippen molar-refractivity contribution in [2.75, 3.05) is 49.6 Å². The lowest BCUT2D eigenvalue weighted by atomic mass is 9.93. The number of hydrogen-bond donors (Lipinski definition) is 1. The Morgan fingerprint density at radius 3 is 2.75 bits per heavy atom. The van der Waals surface area contributed by atoms with Gasteiger partial charge in [0.2, 0.25) is 5.78 Å². The van der Waals surface area contributed by atoms with Gasteiger partial charge in [0.25, 0.3) is 0 Å². The highest BCUT2D eigenvalue weighted by molar-refractivity contribution is 5.90. The highest BCUT2D eigenvalue weighted by atomic mass is 19.1. The van der Waals surface area contributed by atoms with Crippen LogP contribution in [-0.4, -0.2) is 64.7 Å². The Bertz CT molecular complexity index is 1150. The lowest BCUT2D eigenvalue weighted by Gasteiger charge is -2.27. The number of carbonyl (C=O) groups excluding carboxylic acids is 1. The van der Waals surface area contributed by atoms with E-state index in [0.717, 1.165) is 31.9 Å². The number of nitrogens with zero attached hydrogens (tertiary/aromatic N) is 5. The second-order valence-electron chi connectivity index (χ2n) is 9.16. The van der Waals surface area contributed by atoms with Crippen molar-refractivity contribution >= 4 is 23.3 Å². The van der Waals surface area contributed by atoms with Gasteiger partial charge in [0.1, 0.15) is 11.6 Å². The van der Waals surface area contributed by atoms with Gasteiger partial charge < -0.3 is 19.9 Å². The van der Waals surface area contributed by atoms with Crippen LogP contribution in [0.15, 0.2) is 36.7 Å². The molecule has 1 N–H and O–H groups in total. The first-order valence-corrected chi connectivity index (χ1v) is 10.9. The molecule has 2 aliphatic rings. The molecule has 8 nitrogen and oxygen atoms in total. The molecule has 0 atom stereocenters. The maximum atomic E-state index is 14.7. The van der Waals surface area contributed by atoms with Crippen LogP contribution >= 0.6 is 0 Å². The Labute approximate surface area is 186 Å². The lowest BCUT2D eigenvalue weighted by molar-refractivity contribution is 0.122. The van der Waals surface area contributed by atoms with Crippen LogP contribution in [0, 0.1) is 11.2 Å². The SMILES string of the molecule is CC1(C)CCN(C(=O)Nc2ccc(F)c(-c3ccn4c(N5CCOCC5)cnc4n3)c2)C1. The number of hydrogen-bond acceptors (Lipinski definition) is 5. The van der Waals surface area contributed by atoms with E-state index in [-0.39, 0.29) is 11.4 Å². The molecule has 0 aliphatic carbocycles. The highest BCUT2D eigenvalue weighted by Gasteiger charge is 2.32. The minimum absolute atomic E-state index is 0.120. The molecule has 2 aliphatic heterocycles. The van der Waals surface area contributed by atoms with Crippen LogP contribution in [0.2, 0.25) is 0 Å². The number of likely N-dealkylation sites (tertiary alicyclic amines) is 1. The van der Waals surface area contributed by atoms with Gasteiger partial charge in [-0.15, -0.1) is 0 Å². The molecule has 2 amide bonds. The van der Waals surface area contributed by atoms with Gasteiger partial charge in [-0.2, -0.15) is 0 Å². The van der Waals surface area contributed by atoms with Crippen LogP contribution in [0.5, 0.6) is 0 Å². The van der Waals surface area contributed by atoms with Gasteiger partial charge in [-0.25, -0.2) is 19.2 Å². The molecule has 2 aromatic heterocycles. The number of benzene rings is 1. The quantitative estimate of drug-likeness (QED) is 0.676. The minimum Gasteiger partial charge on any atom is -0.378 e. The maximum Gasteiger partial charge on any atom is 0.321 e. The molecule has 0 spiro atoms. The number of aromatic nitrogens is 3. The summed E-state index contributed by atoms with van der Waals surface area (Å²) in [6.07, 6.45) is 4.60. The zero-order chi connectivity index (χ0) is 22.3. The molecule has 5 rings (SSSR count). The number of imidazole rings is 1. The summed E-state index contributed by atoms with van der Waals surface area (Å²) in [5.74, 6) is 1.04. The fourth-order valence-corrected chi connectivity index (χ4v) is 4.32. The molecule has 1 aromatic carbocycles. The van der Waals surface area contributed by atoms with Gasteiger partial charge in [-0.05, 0) is 36.1 Å². The lowest BCUT2D eigenvalue weighted by Crippen LogP contribution is -2.36. The van der Waals surface area contributed by atoms with E-state index in [1.165, 1.54) is 6.07 Å². The summed E-state index contributed by atoms with van der Waals surface area (Å²) in [5, 5.41) is 2.90. The second-order valence-corrected chi connectivity index (χ2v) is 9.16. The summed E-state index contributed by atoms with van der Waals surface area (Å²) in [6.45, 7) is 8.67. The summed E-state index contributed by atoms with van der Waals surface area (Å²) in [4.78, 5) is 25.6. The Hall–Kier alpha value is -3.20. The number of nitrogens with one attached hydrogen (secondary N) is 1. The van der Waals surface area contributed by atoms with Crippen molar-refractivity contribution in [3.63, 3.8) is 0 Å². The van der Waals surface area contributed by atoms with Gasteiger partial charge >= 0.3 is 6.03 Å². The Morgan fingerprint density at radius 2 is 2.00 bits per heavy atom. The van der Waals surface area contributed by atoms with E-state index in [4.69, 9.17) is 4.74 Å². The van der Waals surface area contributed by atoms with Gasteiger partial charge in [0.05, 0.1) is 25.1 Å². The van der Waals surface area contributed by atoms with E-state index in [2.05, 4.69) is 34.0 Å². The fourth-order valence-electron chi connectivity index (χ4n) is 4.32. The van der Waals surface area contributed by atoms with Crippen LogP contribution in [0.25, 0.3) is 17.0 Å². The first kappa shape index (κ1) is 20.7. The number of rotatable bonds is 3. The van der Waals surface area contributed by atoms with Crippen molar-refractivity contribution in [3.8, 4) is 11.3 Å². The van der Waals surface area contributed by atoms with E-state index in [0.29, 0.717) is 42.5 Å². The first-order chi connectivity index (χ1) is 15.4. The largest absolute Gasteiger partial charge is 0.378 e. The Balaban J connectivity index is 1.39. The van der Waals surface area contributed by atoms with Gasteiger partial charge in [0.15, 0.2) is 0 Å². The van der Waals surface area contributed by atoms with Crippen LogP contribution in [-0.2, 0) is 4.74 Å². The Kier molecular flexibility index (Phi) is 5.21. The molecule has 0 radical (unpaired) electrons. The van der Waals surface area contributed by atoms with Crippen LogP contribution < -0.4 is 10.2 Å². The van der Waals surface area contributed by atoms with Crippen molar-refractivity contribution in [1.82, 2.24) is 19.3 Å². The van der Waals surface area contributed by atoms with Crippen molar-refractivity contribution in [2.45, 2.75) is 20.3 Å². The number of fused-ring (bicyclic) bond motifs is 1. The zero-order valence-corrected chi connectivity index (χ0v) is 18.3. The molecule has 0 unspecified atom stereocenters. The third kappa shape index (κ3) is 4.00. The van der Waals surface area contributed by atoms with E-state index in [1.54, 1.807) is 29.3 Å². The molecule has 0 saturated carbocycles. The number of ether oxygens (including phenoxy) is 1. The predicted molar refractivity (Wildman–Crippen MR) is 120 cm³/mol. The summed E-state index contributed by atoms with van der Waals surface area (Å²) in [5.41, 5.74) is 1.44. The van der Waals surface area contributed by atoms with Crippen molar-refractivity contribution < 1.29 is 13.9 Å². The molecule has 2 fully saturated rings. The fraction of sp³-hybridized carbons (Fsp3) is 0.435. The molecule has 2 saturated heterocycles. The normalized spacial score (nSPS) is 18.3. The first-order valence-electron chi connectivity index (χ1n) is 10.9. The number of carbonyl (C=O) groups is 1. The number of amides is 2. The average Bonchev–Trinajstić information content (AvgIpc) is 3.38. The van der Waals surface area contributed by atoms with Gasteiger partial charge in [0, 0.05) is 43.6 Å². The maximum absolute atomic E-state index is 14.7. The molecule has 4 heterocycles. The Morgan fingerprint density at radius 1 is 1.19 bits per heavy atom. The van der Waals surface area contributed by atoms with E-state index < -0.39 is 5.82 Å². The topological polar surface area (TPSA) is 75.0 Å². The summed E-state index contributed by atoms with van der Waals surface area (Å²) < 4.78 is 22.0. The smallest absolute Gasteiger partial charge is 0.321 e. The summed E-state index contributed by atoms with van der Waals surface area (Å²) >= 11 is 0. The van der Waals surface area contributed by atoms with E-state index in [1.807, 2.05) is 10.6 Å². The van der Waals surface area contributed by atoms with Crippen LogP contribution in [0.1, 0.15) is 20.3 Å². The van der Waals surface area contributed by atoms with Crippen molar-refractivity contribution in [3.05, 3.63) is 42.5 Å². The molecule has 0 bridgehead atoms. The van der Waals surface area contributed by atoms with Crippen LogP contribution in [0.4, 0.5) is 20.7 Å². The van der Waals surface area contributed by atoms with Gasteiger partial charge in [-0.3, -0.25) is 4.40 Å². The molecular formula is C23H27FN6O2. The summed E-state index contributed by atoms with van der Waals surface area (Å²) in [7, 11) is 0. The van der Waals surface area contributed by atoms with E-state index in [9.17, 15) is 9.18 Å².